The second-order valence-electron chi connectivity index (χ2n) is 6.50. The molecule has 1 heterocycles. The number of nitrogens with zero attached hydrogens (tertiary/aromatic N) is 2. The molecule has 0 N–H and O–H groups in total. The summed E-state index contributed by atoms with van der Waals surface area (Å²) in [6.07, 6.45) is 6.05. The van der Waals surface area contributed by atoms with E-state index in [9.17, 15) is 0 Å². The molecule has 1 atom stereocenters. The zero-order valence-corrected chi connectivity index (χ0v) is 14.0. The van der Waals surface area contributed by atoms with Crippen molar-refractivity contribution in [2.75, 3.05) is 0 Å². The van der Waals surface area contributed by atoms with Crippen molar-refractivity contribution in [2.45, 2.75) is 70.8 Å². The van der Waals surface area contributed by atoms with Gasteiger partial charge in [-0.3, -0.25) is 4.68 Å². The minimum Gasteiger partial charge on any atom is -0.375 e. The average Bonchev–Trinajstić information content (AvgIpc) is 2.53. The summed E-state index contributed by atoms with van der Waals surface area (Å²) in [5, 5.41) is 4.45. The molecule has 0 aliphatic heterocycles. The van der Waals surface area contributed by atoms with Crippen LogP contribution in [0.2, 0.25) is 0 Å². The van der Waals surface area contributed by atoms with Gasteiger partial charge >= 0.3 is 0 Å². The lowest BCUT2D eigenvalue weighted by Gasteiger charge is -2.23. The van der Waals surface area contributed by atoms with Crippen molar-refractivity contribution in [3.05, 3.63) is 17.5 Å². The molecule has 0 fully saturated rings. The largest absolute Gasteiger partial charge is 0.375 e. The Hall–Kier alpha value is -0.480. The molecule has 0 amide bonds. The molecule has 4 heteroatoms. The summed E-state index contributed by atoms with van der Waals surface area (Å²) in [6.45, 7) is 10.3. The fourth-order valence-electron chi connectivity index (χ4n) is 2.10. The van der Waals surface area contributed by atoms with Gasteiger partial charge in [0.1, 0.15) is 0 Å². The molecule has 1 aliphatic carbocycles. The van der Waals surface area contributed by atoms with E-state index in [1.807, 2.05) is 11.7 Å². The molecule has 1 aromatic rings. The van der Waals surface area contributed by atoms with Gasteiger partial charge < -0.3 is 4.74 Å². The lowest BCUT2D eigenvalue weighted by Crippen LogP contribution is -2.25. The molecule has 3 nitrogen and oxygen atoms in total. The third-order valence-corrected chi connectivity index (χ3v) is 2.61. The van der Waals surface area contributed by atoms with Gasteiger partial charge in [-0.1, -0.05) is 20.8 Å². The monoisotopic (exact) mass is 284 g/mol. The molecule has 19 heavy (non-hydrogen) atoms. The van der Waals surface area contributed by atoms with E-state index in [2.05, 4.69) is 58.5 Å². The van der Waals surface area contributed by atoms with Gasteiger partial charge in [-0.05, 0) is 32.3 Å². The molecule has 1 aromatic heterocycles. The Morgan fingerprint density at radius 3 is 2.53 bits per heavy atom. The summed E-state index contributed by atoms with van der Waals surface area (Å²) in [4.78, 5) is 0. The molecular formula is C15H28N2OS. The molecule has 1 unspecified atom stereocenters. The SMILES string of the molecule is CC(C)(C)S.CC(C)OC1CCc2cn(C)nc2C1. The lowest BCUT2D eigenvalue weighted by molar-refractivity contribution is 0.000359. The second-order valence-corrected chi connectivity index (χ2v) is 7.84. The number of ether oxygens (including phenoxy) is 1. The minimum atomic E-state index is 0.194. The summed E-state index contributed by atoms with van der Waals surface area (Å²) in [7, 11) is 1.98. The molecule has 2 rings (SSSR count). The number of aromatic nitrogens is 2. The highest BCUT2D eigenvalue weighted by molar-refractivity contribution is 7.81. The first-order valence-electron chi connectivity index (χ1n) is 7.04. The van der Waals surface area contributed by atoms with Gasteiger partial charge in [0, 0.05) is 24.4 Å². The van der Waals surface area contributed by atoms with Gasteiger partial charge in [-0.15, -0.1) is 0 Å². The summed E-state index contributed by atoms with van der Waals surface area (Å²) >= 11 is 4.12. The van der Waals surface area contributed by atoms with Crippen molar-refractivity contribution in [1.82, 2.24) is 9.78 Å². The van der Waals surface area contributed by atoms with E-state index in [0.29, 0.717) is 12.2 Å². The van der Waals surface area contributed by atoms with Crippen molar-refractivity contribution < 1.29 is 4.74 Å². The van der Waals surface area contributed by atoms with Crippen LogP contribution in [0.5, 0.6) is 0 Å². The highest BCUT2D eigenvalue weighted by Gasteiger charge is 2.22. The van der Waals surface area contributed by atoms with E-state index < -0.39 is 0 Å². The maximum Gasteiger partial charge on any atom is 0.0682 e. The summed E-state index contributed by atoms with van der Waals surface area (Å²) < 4.78 is 7.91. The van der Waals surface area contributed by atoms with Crippen molar-refractivity contribution in [1.29, 1.82) is 0 Å². The molecule has 0 saturated carbocycles. The molecule has 0 saturated heterocycles. The molecule has 1 aliphatic rings. The maximum absolute atomic E-state index is 5.81. The Balaban J connectivity index is 0.000000312. The lowest BCUT2D eigenvalue weighted by atomic mass is 9.96. The minimum absolute atomic E-state index is 0.194. The van der Waals surface area contributed by atoms with Gasteiger partial charge in [-0.2, -0.15) is 17.7 Å². The molecule has 0 aromatic carbocycles. The van der Waals surface area contributed by atoms with Gasteiger partial charge in [0.2, 0.25) is 0 Å². The van der Waals surface area contributed by atoms with Crippen molar-refractivity contribution in [3.63, 3.8) is 0 Å². The first kappa shape index (κ1) is 16.6. The number of aryl methyl sites for hydroxylation is 2. The standard InChI is InChI=1S/C11H18N2O.C4H10S/c1-8(2)14-10-5-4-9-7-13(3)12-11(9)6-10;1-4(2,3)5/h7-8,10H,4-6H2,1-3H3;5H,1-3H3. The van der Waals surface area contributed by atoms with Crippen LogP contribution in [0.15, 0.2) is 6.20 Å². The molecule has 0 spiro atoms. The number of rotatable bonds is 2. The van der Waals surface area contributed by atoms with Crippen LogP contribution < -0.4 is 0 Å². The fourth-order valence-corrected chi connectivity index (χ4v) is 2.10. The zero-order chi connectivity index (χ0) is 14.6. The van der Waals surface area contributed by atoms with E-state index in [0.717, 1.165) is 19.3 Å². The van der Waals surface area contributed by atoms with Crippen LogP contribution in [0.3, 0.4) is 0 Å². The number of hydrogen-bond donors (Lipinski definition) is 1. The predicted octanol–water partition coefficient (Wildman–Crippen LogP) is 3.42. The van der Waals surface area contributed by atoms with Crippen LogP contribution >= 0.6 is 12.6 Å². The Bertz CT molecular complexity index is 387. The molecular weight excluding hydrogens is 256 g/mol. The predicted molar refractivity (Wildman–Crippen MR) is 84.0 cm³/mol. The van der Waals surface area contributed by atoms with Crippen molar-refractivity contribution >= 4 is 12.6 Å². The number of thiol groups is 1. The molecule has 0 radical (unpaired) electrons. The Morgan fingerprint density at radius 1 is 1.42 bits per heavy atom. The van der Waals surface area contributed by atoms with Gasteiger partial charge in [0.25, 0.3) is 0 Å². The Labute approximate surface area is 123 Å². The van der Waals surface area contributed by atoms with Crippen LogP contribution in [-0.2, 0) is 24.6 Å². The smallest absolute Gasteiger partial charge is 0.0682 e. The van der Waals surface area contributed by atoms with Crippen LogP contribution in [0.4, 0.5) is 0 Å². The fraction of sp³-hybridized carbons (Fsp3) is 0.800. The normalized spacial score (nSPS) is 18.8. The van der Waals surface area contributed by atoms with Crippen LogP contribution in [-0.4, -0.2) is 26.7 Å². The third-order valence-electron chi connectivity index (χ3n) is 2.61. The topological polar surface area (TPSA) is 27.1 Å². The summed E-state index contributed by atoms with van der Waals surface area (Å²) in [5.41, 5.74) is 2.63. The first-order valence-corrected chi connectivity index (χ1v) is 7.49. The van der Waals surface area contributed by atoms with Gasteiger partial charge in [0.05, 0.1) is 17.9 Å². The van der Waals surface area contributed by atoms with Crippen molar-refractivity contribution in [2.24, 2.45) is 7.05 Å². The van der Waals surface area contributed by atoms with E-state index in [4.69, 9.17) is 4.74 Å². The van der Waals surface area contributed by atoms with Crippen LogP contribution in [0.25, 0.3) is 0 Å². The average molecular weight is 284 g/mol. The quantitative estimate of drug-likeness (QED) is 0.843. The van der Waals surface area contributed by atoms with Crippen LogP contribution in [0, 0.1) is 0 Å². The highest BCUT2D eigenvalue weighted by Crippen LogP contribution is 2.22. The van der Waals surface area contributed by atoms with Crippen molar-refractivity contribution in [3.8, 4) is 0 Å². The summed E-state index contributed by atoms with van der Waals surface area (Å²) in [6, 6.07) is 0. The number of hydrogen-bond acceptors (Lipinski definition) is 3. The van der Waals surface area contributed by atoms with E-state index in [-0.39, 0.29) is 4.75 Å². The Kier molecular flexibility index (Phi) is 5.93. The third kappa shape index (κ3) is 7.02. The van der Waals surface area contributed by atoms with E-state index in [1.165, 1.54) is 11.3 Å². The summed E-state index contributed by atoms with van der Waals surface area (Å²) in [5.74, 6) is 0. The molecule has 0 bridgehead atoms. The first-order chi connectivity index (χ1) is 8.65. The van der Waals surface area contributed by atoms with Crippen LogP contribution in [0.1, 0.15) is 52.3 Å². The van der Waals surface area contributed by atoms with Gasteiger partial charge in [0.15, 0.2) is 0 Å². The zero-order valence-electron chi connectivity index (χ0n) is 13.1. The maximum atomic E-state index is 5.81. The van der Waals surface area contributed by atoms with Gasteiger partial charge in [-0.25, -0.2) is 0 Å². The highest BCUT2D eigenvalue weighted by atomic mass is 32.1. The Morgan fingerprint density at radius 2 is 2.00 bits per heavy atom. The van der Waals surface area contributed by atoms with E-state index >= 15 is 0 Å². The number of fused-ring (bicyclic) bond motifs is 1. The van der Waals surface area contributed by atoms with E-state index in [1.54, 1.807) is 0 Å². The second kappa shape index (κ2) is 6.80. The molecule has 110 valence electrons.